The second-order valence-corrected chi connectivity index (χ2v) is 10.4. The number of methoxy groups -OCH3 is 1. The summed E-state index contributed by atoms with van der Waals surface area (Å²) in [5, 5.41) is 13.3. The van der Waals surface area contributed by atoms with E-state index in [4.69, 9.17) is 9.47 Å². The summed E-state index contributed by atoms with van der Waals surface area (Å²) in [5.41, 5.74) is 3.07. The van der Waals surface area contributed by atoms with Gasteiger partial charge in [0.1, 0.15) is 18.5 Å². The van der Waals surface area contributed by atoms with Crippen molar-refractivity contribution in [1.82, 2.24) is 9.80 Å². The van der Waals surface area contributed by atoms with Gasteiger partial charge in [-0.05, 0) is 66.7 Å². The number of halogens is 1. The summed E-state index contributed by atoms with van der Waals surface area (Å²) < 4.78 is 11.2. The van der Waals surface area contributed by atoms with Gasteiger partial charge in [0.05, 0.1) is 6.61 Å². The molecule has 3 aromatic rings. The number of benzene rings is 3. The number of β-amino-alcohol motifs (C(OH)–C–C–N with tert-alkyl or cyclic N) is 1. The second kappa shape index (κ2) is 13.9. The van der Waals surface area contributed by atoms with E-state index in [-0.39, 0.29) is 24.9 Å². The lowest BCUT2D eigenvalue weighted by Crippen LogP contribution is -2.40. The van der Waals surface area contributed by atoms with Gasteiger partial charge >= 0.3 is 0 Å². The molecule has 2 heterocycles. The molecule has 0 aliphatic carbocycles. The van der Waals surface area contributed by atoms with Gasteiger partial charge in [-0.3, -0.25) is 4.79 Å². The fraction of sp³-hybridized carbons (Fsp3) is 0.406. The molecule has 2 aliphatic rings. The van der Waals surface area contributed by atoms with E-state index in [0.717, 1.165) is 37.1 Å². The minimum atomic E-state index is -0.578. The number of likely N-dealkylation sites (tertiary alicyclic amines) is 2. The number of para-hydroxylation sites is 1. The van der Waals surface area contributed by atoms with E-state index in [9.17, 15) is 9.90 Å². The highest BCUT2D eigenvalue weighted by atomic mass is 35.5. The van der Waals surface area contributed by atoms with Crippen molar-refractivity contribution in [2.24, 2.45) is 0 Å². The third-order valence-corrected chi connectivity index (χ3v) is 7.76. The molecule has 0 aromatic heterocycles. The highest BCUT2D eigenvalue weighted by Crippen LogP contribution is 2.30. The van der Waals surface area contributed by atoms with Gasteiger partial charge in [-0.15, -0.1) is 12.4 Å². The molecule has 0 spiro atoms. The van der Waals surface area contributed by atoms with Crippen LogP contribution in [0.4, 0.5) is 0 Å². The van der Waals surface area contributed by atoms with Crippen molar-refractivity contribution in [3.8, 4) is 5.75 Å². The summed E-state index contributed by atoms with van der Waals surface area (Å²) in [5.74, 6) is 1.31. The molecular weight excluding hydrogens is 512 g/mol. The Bertz CT molecular complexity index is 1270. The maximum absolute atomic E-state index is 12.7. The van der Waals surface area contributed by atoms with E-state index in [2.05, 4.69) is 47.4 Å². The van der Waals surface area contributed by atoms with Crippen LogP contribution in [-0.2, 0) is 9.53 Å². The molecular formula is C32H39ClN2O4. The molecule has 5 rings (SSSR count). The molecule has 1 atom stereocenters. The third-order valence-electron chi connectivity index (χ3n) is 7.76. The second-order valence-electron chi connectivity index (χ2n) is 10.4. The van der Waals surface area contributed by atoms with E-state index in [1.807, 2.05) is 35.2 Å². The fourth-order valence-electron chi connectivity index (χ4n) is 5.58. The van der Waals surface area contributed by atoms with Gasteiger partial charge in [0.15, 0.2) is 0 Å². The molecule has 2 aliphatic heterocycles. The first kappa shape index (κ1) is 29.1. The highest BCUT2D eigenvalue weighted by Gasteiger charge is 2.26. The summed E-state index contributed by atoms with van der Waals surface area (Å²) in [7, 11) is 1.65. The summed E-state index contributed by atoms with van der Waals surface area (Å²) in [6, 6.07) is 23.1. The largest absolute Gasteiger partial charge is 0.490 e. The van der Waals surface area contributed by atoms with Crippen molar-refractivity contribution >= 4 is 35.2 Å². The SMILES string of the molecule is COCCN1CCC(=Cc2ccccc2OC[C@@H](O)CN2CCC(c3ccc4ccccc4c3)CC2)C1=O.Cl. The minimum Gasteiger partial charge on any atom is -0.490 e. The number of hydrogen-bond donors (Lipinski definition) is 1. The van der Waals surface area contributed by atoms with Crippen LogP contribution in [0.3, 0.4) is 0 Å². The molecule has 0 radical (unpaired) electrons. The van der Waals surface area contributed by atoms with Crippen LogP contribution in [-0.4, -0.2) is 80.0 Å². The van der Waals surface area contributed by atoms with Crippen molar-refractivity contribution in [3.05, 3.63) is 83.4 Å². The molecule has 2 fully saturated rings. The number of carbonyl (C=O) groups is 1. The maximum Gasteiger partial charge on any atom is 0.249 e. The molecule has 0 unspecified atom stereocenters. The van der Waals surface area contributed by atoms with Crippen LogP contribution in [0.2, 0.25) is 0 Å². The maximum atomic E-state index is 12.7. The van der Waals surface area contributed by atoms with Crippen molar-refractivity contribution < 1.29 is 19.4 Å². The van der Waals surface area contributed by atoms with Crippen LogP contribution in [0.25, 0.3) is 16.8 Å². The Morgan fingerprint density at radius 3 is 2.54 bits per heavy atom. The number of aliphatic hydroxyl groups excluding tert-OH is 1. The first-order chi connectivity index (χ1) is 18.6. The molecule has 208 valence electrons. The summed E-state index contributed by atoms with van der Waals surface area (Å²) in [6.07, 6.45) is 4.25. The zero-order valence-electron chi connectivity index (χ0n) is 22.6. The minimum absolute atomic E-state index is 0. The predicted molar refractivity (Wildman–Crippen MR) is 159 cm³/mol. The van der Waals surface area contributed by atoms with Crippen LogP contribution in [0.5, 0.6) is 5.75 Å². The normalized spacial score (nSPS) is 18.5. The molecule has 6 nitrogen and oxygen atoms in total. The lowest BCUT2D eigenvalue weighted by molar-refractivity contribution is -0.125. The number of fused-ring (bicyclic) bond motifs is 1. The van der Waals surface area contributed by atoms with Gasteiger partial charge in [0, 0.05) is 37.9 Å². The molecule has 7 heteroatoms. The first-order valence-electron chi connectivity index (χ1n) is 13.7. The molecule has 1 amide bonds. The van der Waals surface area contributed by atoms with Gasteiger partial charge in [-0.25, -0.2) is 0 Å². The van der Waals surface area contributed by atoms with E-state index in [1.54, 1.807) is 7.11 Å². The van der Waals surface area contributed by atoms with Gasteiger partial charge in [-0.1, -0.05) is 60.7 Å². The number of aliphatic hydroxyl groups is 1. The Balaban J connectivity index is 0.00000353. The Morgan fingerprint density at radius 2 is 1.74 bits per heavy atom. The lowest BCUT2D eigenvalue weighted by atomic mass is 9.88. The van der Waals surface area contributed by atoms with E-state index >= 15 is 0 Å². The topological polar surface area (TPSA) is 62.2 Å². The third kappa shape index (κ3) is 7.40. The summed E-state index contributed by atoms with van der Waals surface area (Å²) >= 11 is 0. The Kier molecular flexibility index (Phi) is 10.4. The average molecular weight is 551 g/mol. The molecule has 1 N–H and O–H groups in total. The number of nitrogens with zero attached hydrogens (tertiary/aromatic N) is 2. The summed E-state index contributed by atoms with van der Waals surface area (Å²) in [6.45, 7) is 4.62. The smallest absolute Gasteiger partial charge is 0.249 e. The Morgan fingerprint density at radius 1 is 1.00 bits per heavy atom. The zero-order valence-corrected chi connectivity index (χ0v) is 23.4. The number of amides is 1. The Labute approximate surface area is 237 Å². The number of carbonyl (C=O) groups excluding carboxylic acids is 1. The number of rotatable bonds is 10. The highest BCUT2D eigenvalue weighted by molar-refractivity contribution is 6.00. The van der Waals surface area contributed by atoms with Crippen molar-refractivity contribution in [2.75, 3.05) is 53.0 Å². The predicted octanol–water partition coefficient (Wildman–Crippen LogP) is 5.14. The monoisotopic (exact) mass is 550 g/mol. The molecule has 3 aromatic carbocycles. The number of hydrogen-bond acceptors (Lipinski definition) is 5. The van der Waals surface area contributed by atoms with Crippen LogP contribution in [0.15, 0.2) is 72.3 Å². The van der Waals surface area contributed by atoms with Gasteiger partial charge in [0.2, 0.25) is 5.91 Å². The molecule has 0 saturated carbocycles. The van der Waals surface area contributed by atoms with Crippen molar-refractivity contribution in [1.29, 1.82) is 0 Å². The van der Waals surface area contributed by atoms with Crippen LogP contribution >= 0.6 is 12.4 Å². The quantitative estimate of drug-likeness (QED) is 0.354. The fourth-order valence-corrected chi connectivity index (χ4v) is 5.58. The summed E-state index contributed by atoms with van der Waals surface area (Å²) in [4.78, 5) is 16.9. The number of piperidine rings is 1. The molecule has 2 saturated heterocycles. The van der Waals surface area contributed by atoms with Crippen molar-refractivity contribution in [2.45, 2.75) is 31.3 Å². The average Bonchev–Trinajstić information content (AvgIpc) is 3.30. The van der Waals surface area contributed by atoms with Gasteiger partial charge in [0.25, 0.3) is 0 Å². The zero-order chi connectivity index (χ0) is 26.3. The van der Waals surface area contributed by atoms with Crippen molar-refractivity contribution in [3.63, 3.8) is 0 Å². The van der Waals surface area contributed by atoms with E-state index in [1.165, 1.54) is 16.3 Å². The molecule has 0 bridgehead atoms. The number of ether oxygens (including phenoxy) is 2. The van der Waals surface area contributed by atoms with E-state index in [0.29, 0.717) is 44.3 Å². The van der Waals surface area contributed by atoms with Crippen LogP contribution < -0.4 is 4.74 Å². The lowest BCUT2D eigenvalue weighted by Gasteiger charge is -2.33. The Hall–Kier alpha value is -2.90. The van der Waals surface area contributed by atoms with Gasteiger partial charge < -0.3 is 24.4 Å². The van der Waals surface area contributed by atoms with Gasteiger partial charge in [-0.2, -0.15) is 0 Å². The first-order valence-corrected chi connectivity index (χ1v) is 13.7. The molecule has 39 heavy (non-hydrogen) atoms. The van der Waals surface area contributed by atoms with Crippen LogP contribution in [0, 0.1) is 0 Å². The van der Waals surface area contributed by atoms with E-state index < -0.39 is 6.10 Å². The standard InChI is InChI=1S/C32H38N2O4.ClH/c1-37-19-18-34-17-14-29(32(34)36)21-28-8-4-5-9-31(28)38-23-30(35)22-33-15-12-25(13-16-33)27-11-10-24-6-2-3-7-26(24)20-27;/h2-11,20-21,25,30,35H,12-19,22-23H2,1H3;1H/t30-;/m0./s1. The van der Waals surface area contributed by atoms with Crippen LogP contribution in [0.1, 0.15) is 36.3 Å².